The first-order chi connectivity index (χ1) is 7.27. The molecule has 1 heterocycles. The van der Waals surface area contributed by atoms with Crippen LogP contribution in [-0.2, 0) is 0 Å². The highest BCUT2D eigenvalue weighted by Gasteiger charge is 2.16. The van der Waals surface area contributed by atoms with Crippen molar-refractivity contribution >= 4 is 11.8 Å². The molecule has 1 aromatic rings. The fourth-order valence-corrected chi connectivity index (χ4v) is 3.23. The van der Waals surface area contributed by atoms with Crippen LogP contribution in [0.15, 0.2) is 24.3 Å². The Hall–Kier alpha value is -0.470. The molecule has 1 unspecified atom stereocenters. The van der Waals surface area contributed by atoms with Crippen molar-refractivity contribution in [2.45, 2.75) is 31.7 Å². The Morgan fingerprint density at radius 3 is 2.73 bits per heavy atom. The third-order valence-electron chi connectivity index (χ3n) is 3.13. The van der Waals surface area contributed by atoms with Crippen molar-refractivity contribution < 1.29 is 0 Å². The molecule has 15 heavy (non-hydrogen) atoms. The van der Waals surface area contributed by atoms with Gasteiger partial charge in [-0.1, -0.05) is 24.3 Å². The van der Waals surface area contributed by atoms with E-state index in [4.69, 9.17) is 5.73 Å². The lowest BCUT2D eigenvalue weighted by Crippen LogP contribution is -2.10. The van der Waals surface area contributed by atoms with Gasteiger partial charge in [-0.25, -0.2) is 0 Å². The minimum atomic E-state index is 0.155. The minimum absolute atomic E-state index is 0.155. The second kappa shape index (κ2) is 5.04. The maximum absolute atomic E-state index is 5.91. The predicted molar refractivity (Wildman–Crippen MR) is 68.3 cm³/mol. The van der Waals surface area contributed by atoms with Crippen molar-refractivity contribution in [3.8, 4) is 0 Å². The first-order valence-corrected chi connectivity index (χ1v) is 6.86. The molecule has 0 bridgehead atoms. The normalized spacial score (nSPS) is 20.1. The van der Waals surface area contributed by atoms with Crippen LogP contribution in [-0.4, -0.2) is 11.5 Å². The molecular formula is C13H19NS. The van der Waals surface area contributed by atoms with Gasteiger partial charge in [-0.2, -0.15) is 11.8 Å². The van der Waals surface area contributed by atoms with Gasteiger partial charge in [0.25, 0.3) is 0 Å². The van der Waals surface area contributed by atoms with Gasteiger partial charge in [0.15, 0.2) is 0 Å². The van der Waals surface area contributed by atoms with E-state index in [1.165, 1.54) is 35.5 Å². The fourth-order valence-electron chi connectivity index (χ4n) is 2.13. The van der Waals surface area contributed by atoms with Gasteiger partial charge in [0.1, 0.15) is 0 Å². The maximum atomic E-state index is 5.91. The molecule has 1 nitrogen and oxygen atoms in total. The second-order valence-electron chi connectivity index (χ2n) is 4.35. The SMILES string of the molecule is CC(N)c1cccc(C2CCSCC2)c1. The summed E-state index contributed by atoms with van der Waals surface area (Å²) in [5.41, 5.74) is 8.67. The number of rotatable bonds is 2. The Morgan fingerprint density at radius 2 is 2.07 bits per heavy atom. The van der Waals surface area contributed by atoms with Crippen LogP contribution in [0.5, 0.6) is 0 Å². The van der Waals surface area contributed by atoms with E-state index in [-0.39, 0.29) is 6.04 Å². The average molecular weight is 221 g/mol. The summed E-state index contributed by atoms with van der Waals surface area (Å²) < 4.78 is 0. The summed E-state index contributed by atoms with van der Waals surface area (Å²) in [4.78, 5) is 0. The van der Waals surface area contributed by atoms with Crippen molar-refractivity contribution in [2.24, 2.45) is 5.73 Å². The largest absolute Gasteiger partial charge is 0.324 e. The summed E-state index contributed by atoms with van der Waals surface area (Å²) in [6.45, 7) is 2.05. The van der Waals surface area contributed by atoms with Gasteiger partial charge in [-0.3, -0.25) is 0 Å². The lowest BCUT2D eigenvalue weighted by molar-refractivity contribution is 0.635. The van der Waals surface area contributed by atoms with Crippen molar-refractivity contribution in [1.82, 2.24) is 0 Å². The molecule has 1 atom stereocenters. The van der Waals surface area contributed by atoms with Crippen LogP contribution in [0.4, 0.5) is 0 Å². The number of hydrogen-bond donors (Lipinski definition) is 1. The molecule has 2 rings (SSSR count). The lowest BCUT2D eigenvalue weighted by Gasteiger charge is -2.22. The molecule has 1 fully saturated rings. The summed E-state index contributed by atoms with van der Waals surface area (Å²) in [7, 11) is 0. The Kier molecular flexibility index (Phi) is 3.71. The Labute approximate surface area is 96.4 Å². The van der Waals surface area contributed by atoms with Crippen LogP contribution in [0.1, 0.15) is 42.9 Å². The van der Waals surface area contributed by atoms with Crippen molar-refractivity contribution in [1.29, 1.82) is 0 Å². The van der Waals surface area contributed by atoms with Crippen LogP contribution in [0.3, 0.4) is 0 Å². The molecule has 1 aliphatic rings. The van der Waals surface area contributed by atoms with E-state index in [1.807, 2.05) is 0 Å². The monoisotopic (exact) mass is 221 g/mol. The fraction of sp³-hybridized carbons (Fsp3) is 0.538. The first kappa shape index (κ1) is 11.0. The molecule has 82 valence electrons. The number of hydrogen-bond acceptors (Lipinski definition) is 2. The van der Waals surface area contributed by atoms with E-state index in [2.05, 4.69) is 43.0 Å². The molecular weight excluding hydrogens is 202 g/mol. The van der Waals surface area contributed by atoms with Crippen LogP contribution in [0.2, 0.25) is 0 Å². The lowest BCUT2D eigenvalue weighted by atomic mass is 9.91. The van der Waals surface area contributed by atoms with Gasteiger partial charge in [0.2, 0.25) is 0 Å². The quantitative estimate of drug-likeness (QED) is 0.829. The zero-order valence-corrected chi connectivity index (χ0v) is 10.1. The average Bonchev–Trinajstić information content (AvgIpc) is 2.30. The van der Waals surface area contributed by atoms with Crippen LogP contribution < -0.4 is 5.73 Å². The number of benzene rings is 1. The maximum Gasteiger partial charge on any atom is 0.0266 e. The summed E-state index contributed by atoms with van der Waals surface area (Å²) in [6.07, 6.45) is 2.65. The predicted octanol–water partition coefficient (Wildman–Crippen LogP) is 3.32. The van der Waals surface area contributed by atoms with Gasteiger partial charge in [0.05, 0.1) is 0 Å². The van der Waals surface area contributed by atoms with Crippen molar-refractivity contribution in [3.05, 3.63) is 35.4 Å². The van der Waals surface area contributed by atoms with E-state index in [1.54, 1.807) is 0 Å². The molecule has 0 aromatic heterocycles. The van der Waals surface area contributed by atoms with Crippen LogP contribution in [0.25, 0.3) is 0 Å². The molecule has 2 N–H and O–H groups in total. The molecule has 0 aliphatic carbocycles. The van der Waals surface area contributed by atoms with Gasteiger partial charge in [-0.05, 0) is 48.3 Å². The molecule has 0 amide bonds. The molecule has 1 aromatic carbocycles. The van der Waals surface area contributed by atoms with E-state index < -0.39 is 0 Å². The Bertz CT molecular complexity index is 316. The van der Waals surface area contributed by atoms with Crippen LogP contribution >= 0.6 is 11.8 Å². The highest BCUT2D eigenvalue weighted by Crippen LogP contribution is 2.32. The summed E-state index contributed by atoms with van der Waals surface area (Å²) in [6, 6.07) is 8.99. The number of thioether (sulfide) groups is 1. The van der Waals surface area contributed by atoms with Crippen molar-refractivity contribution in [3.63, 3.8) is 0 Å². The topological polar surface area (TPSA) is 26.0 Å². The molecule has 0 radical (unpaired) electrons. The second-order valence-corrected chi connectivity index (χ2v) is 5.57. The highest BCUT2D eigenvalue weighted by molar-refractivity contribution is 7.99. The smallest absolute Gasteiger partial charge is 0.0266 e. The van der Waals surface area contributed by atoms with Crippen LogP contribution in [0, 0.1) is 0 Å². The van der Waals surface area contributed by atoms with Gasteiger partial charge in [-0.15, -0.1) is 0 Å². The van der Waals surface area contributed by atoms with Gasteiger partial charge in [0, 0.05) is 6.04 Å². The zero-order valence-electron chi connectivity index (χ0n) is 9.28. The third kappa shape index (κ3) is 2.76. The van der Waals surface area contributed by atoms with Gasteiger partial charge < -0.3 is 5.73 Å². The van der Waals surface area contributed by atoms with E-state index in [0.717, 1.165) is 5.92 Å². The molecule has 0 spiro atoms. The first-order valence-electron chi connectivity index (χ1n) is 5.70. The van der Waals surface area contributed by atoms with Crippen molar-refractivity contribution in [2.75, 3.05) is 11.5 Å². The van der Waals surface area contributed by atoms with Gasteiger partial charge >= 0.3 is 0 Å². The summed E-state index contributed by atoms with van der Waals surface area (Å²) in [5.74, 6) is 3.39. The third-order valence-corrected chi connectivity index (χ3v) is 4.18. The summed E-state index contributed by atoms with van der Waals surface area (Å²) in [5, 5.41) is 0. The van der Waals surface area contributed by atoms with E-state index >= 15 is 0 Å². The standard InChI is InChI=1S/C13H19NS/c1-10(14)12-3-2-4-13(9-12)11-5-7-15-8-6-11/h2-4,9-11H,5-8,14H2,1H3. The zero-order chi connectivity index (χ0) is 10.7. The highest BCUT2D eigenvalue weighted by atomic mass is 32.2. The van der Waals surface area contributed by atoms with E-state index in [9.17, 15) is 0 Å². The minimum Gasteiger partial charge on any atom is -0.324 e. The molecule has 0 saturated carbocycles. The van der Waals surface area contributed by atoms with E-state index in [0.29, 0.717) is 0 Å². The Balaban J connectivity index is 2.16. The molecule has 2 heteroatoms. The Morgan fingerprint density at radius 1 is 1.33 bits per heavy atom. The summed E-state index contributed by atoms with van der Waals surface area (Å²) >= 11 is 2.08. The molecule has 1 aliphatic heterocycles. The molecule has 1 saturated heterocycles. The number of nitrogens with two attached hydrogens (primary N) is 1.